The summed E-state index contributed by atoms with van der Waals surface area (Å²) in [5.41, 5.74) is 6.85. The van der Waals surface area contributed by atoms with Crippen molar-refractivity contribution >= 4 is 20.9 Å². The predicted molar refractivity (Wildman–Crippen MR) is 71.4 cm³/mol. The van der Waals surface area contributed by atoms with Gasteiger partial charge >= 0.3 is 0 Å². The van der Waals surface area contributed by atoms with Crippen LogP contribution >= 0.6 is 0 Å². The van der Waals surface area contributed by atoms with Crippen molar-refractivity contribution < 1.29 is 14.2 Å². The van der Waals surface area contributed by atoms with E-state index in [0.29, 0.717) is 0 Å². The summed E-state index contributed by atoms with van der Waals surface area (Å²) >= 11 is 0. The Morgan fingerprint density at radius 1 is 1.39 bits per heavy atom. The van der Waals surface area contributed by atoms with E-state index in [1.165, 1.54) is 12.6 Å². The van der Waals surface area contributed by atoms with Gasteiger partial charge in [-0.3, -0.25) is 0 Å². The van der Waals surface area contributed by atoms with Crippen LogP contribution in [0, 0.1) is 0 Å². The van der Waals surface area contributed by atoms with E-state index in [-0.39, 0.29) is 5.75 Å². The Kier molecular flexibility index (Phi) is 3.70. The lowest BCUT2D eigenvalue weighted by Crippen LogP contribution is -2.51. The van der Waals surface area contributed by atoms with Gasteiger partial charge in [-0.25, -0.2) is 13.1 Å². The Bertz CT molecular complexity index is 646. The first-order chi connectivity index (χ1) is 8.55. The van der Waals surface area contributed by atoms with E-state index < -0.39 is 10.0 Å². The quantitative estimate of drug-likeness (QED) is 0.712. The molecule has 0 bridgehead atoms. The summed E-state index contributed by atoms with van der Waals surface area (Å²) in [4.78, 5) is 3.18. The smallest absolute Gasteiger partial charge is 0.215 e. The first kappa shape index (κ1) is 13.1. The Morgan fingerprint density at radius 3 is 2.83 bits per heavy atom. The lowest BCUT2D eigenvalue weighted by Gasteiger charge is -2.03. The maximum Gasteiger partial charge on any atom is 0.215 e. The van der Waals surface area contributed by atoms with Crippen molar-refractivity contribution in [1.82, 2.24) is 9.71 Å². The number of hydrogen-bond donors (Lipinski definition) is 3. The highest BCUT2D eigenvalue weighted by Crippen LogP contribution is 2.21. The van der Waals surface area contributed by atoms with Gasteiger partial charge in [-0.05, 0) is 30.3 Å². The Balaban J connectivity index is 2.39. The molecule has 98 valence electrons. The summed E-state index contributed by atoms with van der Waals surface area (Å²) in [6, 6.07) is 5.69. The number of quaternary nitrogens is 1. The predicted octanol–water partition coefficient (Wildman–Crippen LogP) is 0.00150. The molecule has 0 amide bonds. The maximum absolute atomic E-state index is 11.5. The molecule has 2 rings (SSSR count). The van der Waals surface area contributed by atoms with E-state index in [1.807, 2.05) is 24.4 Å². The molecule has 18 heavy (non-hydrogen) atoms. The van der Waals surface area contributed by atoms with Crippen molar-refractivity contribution in [3.8, 4) is 0 Å². The van der Waals surface area contributed by atoms with Crippen LogP contribution in [-0.4, -0.2) is 27.0 Å². The van der Waals surface area contributed by atoms with Gasteiger partial charge in [0, 0.05) is 23.5 Å². The molecule has 0 unspecified atom stereocenters. The van der Waals surface area contributed by atoms with Crippen molar-refractivity contribution in [1.29, 1.82) is 0 Å². The zero-order valence-electron chi connectivity index (χ0n) is 10.4. The van der Waals surface area contributed by atoms with E-state index in [0.717, 1.165) is 29.4 Å². The molecule has 0 radical (unpaired) electrons. The van der Waals surface area contributed by atoms with Crippen LogP contribution in [0.1, 0.15) is 11.1 Å². The molecule has 0 aliphatic carbocycles. The van der Waals surface area contributed by atoms with Crippen LogP contribution in [0.15, 0.2) is 24.4 Å². The number of hydrogen-bond acceptors (Lipinski definition) is 2. The highest BCUT2D eigenvalue weighted by atomic mass is 32.2. The molecule has 0 atom stereocenters. The third-order valence-corrected chi connectivity index (χ3v) is 4.28. The number of rotatable bonds is 5. The minimum absolute atomic E-state index is 0.00837. The summed E-state index contributed by atoms with van der Waals surface area (Å²) in [6.45, 7) is 0.825. The van der Waals surface area contributed by atoms with Crippen molar-refractivity contribution in [3.63, 3.8) is 0 Å². The second kappa shape index (κ2) is 5.09. The van der Waals surface area contributed by atoms with Crippen LogP contribution in [0.3, 0.4) is 0 Å². The number of nitrogens with one attached hydrogen (secondary N) is 2. The minimum atomic E-state index is -3.22. The summed E-state index contributed by atoms with van der Waals surface area (Å²) < 4.78 is 25.4. The Hall–Kier alpha value is -1.37. The topological polar surface area (TPSA) is 89.6 Å². The monoisotopic (exact) mass is 268 g/mol. The van der Waals surface area contributed by atoms with Crippen LogP contribution in [0.5, 0.6) is 0 Å². The largest absolute Gasteiger partial charge is 0.361 e. The number of sulfonamides is 1. The first-order valence-electron chi connectivity index (χ1n) is 5.85. The molecular weight excluding hydrogens is 250 g/mol. The van der Waals surface area contributed by atoms with Gasteiger partial charge in [0.1, 0.15) is 0 Å². The number of fused-ring (bicyclic) bond motifs is 1. The van der Waals surface area contributed by atoms with Gasteiger partial charge in [0.15, 0.2) is 0 Å². The molecule has 0 spiro atoms. The average molecular weight is 268 g/mol. The molecule has 0 saturated heterocycles. The molecular formula is C12H18N3O2S+. The number of aromatic nitrogens is 1. The Labute approximate surface area is 106 Å². The Morgan fingerprint density at radius 2 is 2.17 bits per heavy atom. The van der Waals surface area contributed by atoms with Crippen molar-refractivity contribution in [2.45, 2.75) is 12.2 Å². The lowest BCUT2D eigenvalue weighted by atomic mass is 10.1. The van der Waals surface area contributed by atoms with Crippen molar-refractivity contribution in [2.24, 2.45) is 0 Å². The summed E-state index contributed by atoms with van der Waals surface area (Å²) in [5, 5.41) is 1.09. The number of aromatic amines is 1. The van der Waals surface area contributed by atoms with Crippen LogP contribution in [0.4, 0.5) is 0 Å². The first-order valence-corrected chi connectivity index (χ1v) is 7.50. The van der Waals surface area contributed by atoms with Crippen LogP contribution in [0.2, 0.25) is 0 Å². The number of benzene rings is 1. The molecule has 5 N–H and O–H groups in total. The van der Waals surface area contributed by atoms with Gasteiger partial charge in [0.05, 0.1) is 12.3 Å². The molecule has 6 heteroatoms. The summed E-state index contributed by atoms with van der Waals surface area (Å²) in [6.07, 6.45) is 2.86. The van der Waals surface area contributed by atoms with E-state index in [9.17, 15) is 8.42 Å². The summed E-state index contributed by atoms with van der Waals surface area (Å²) in [7, 11) is -1.79. The van der Waals surface area contributed by atoms with Gasteiger partial charge < -0.3 is 10.7 Å². The van der Waals surface area contributed by atoms with Gasteiger partial charge in [0.25, 0.3) is 0 Å². The maximum atomic E-state index is 11.5. The second-order valence-corrected chi connectivity index (χ2v) is 6.19. The lowest BCUT2D eigenvalue weighted by molar-refractivity contribution is -0.366. The molecule has 0 aliphatic heterocycles. The standard InChI is InChI=1S/C12H17N3O2S/c1-14-18(16,17)8-9-2-3-12-11(6-9)10(4-5-13)7-15-12/h2-3,6-7,14-15H,4-5,8,13H2,1H3/p+1. The zero-order chi connectivity index (χ0) is 13.2. The molecule has 0 fully saturated rings. The van der Waals surface area contributed by atoms with Gasteiger partial charge in [0.2, 0.25) is 10.0 Å². The second-order valence-electron chi connectivity index (χ2n) is 4.26. The van der Waals surface area contributed by atoms with Gasteiger partial charge in [-0.15, -0.1) is 0 Å². The van der Waals surface area contributed by atoms with E-state index in [2.05, 4.69) is 15.4 Å². The molecule has 0 saturated carbocycles. The third kappa shape index (κ3) is 2.72. The molecule has 0 aliphatic rings. The normalized spacial score (nSPS) is 12.1. The third-order valence-electron chi connectivity index (χ3n) is 2.95. The fourth-order valence-electron chi connectivity index (χ4n) is 2.00. The summed E-state index contributed by atoms with van der Waals surface area (Å²) in [5.74, 6) is 0.00837. The highest BCUT2D eigenvalue weighted by Gasteiger charge is 2.10. The highest BCUT2D eigenvalue weighted by molar-refractivity contribution is 7.88. The van der Waals surface area contributed by atoms with Gasteiger partial charge in [-0.1, -0.05) is 6.07 Å². The molecule has 2 aromatic rings. The SMILES string of the molecule is CNS(=O)(=O)Cc1ccc2[nH]cc(CC[NH3+])c2c1. The van der Waals surface area contributed by atoms with Crippen LogP contribution in [-0.2, 0) is 22.2 Å². The molecule has 1 aromatic heterocycles. The average Bonchev–Trinajstić information content (AvgIpc) is 2.72. The van der Waals surface area contributed by atoms with Crippen LogP contribution < -0.4 is 10.5 Å². The fraction of sp³-hybridized carbons (Fsp3) is 0.333. The molecule has 1 heterocycles. The van der Waals surface area contributed by atoms with Crippen molar-refractivity contribution in [2.75, 3.05) is 13.6 Å². The van der Waals surface area contributed by atoms with Gasteiger partial charge in [-0.2, -0.15) is 0 Å². The zero-order valence-corrected chi connectivity index (χ0v) is 11.2. The minimum Gasteiger partial charge on any atom is -0.361 e. The van der Waals surface area contributed by atoms with E-state index >= 15 is 0 Å². The van der Waals surface area contributed by atoms with Crippen LogP contribution in [0.25, 0.3) is 10.9 Å². The fourth-order valence-corrected chi connectivity index (χ4v) is 2.77. The number of H-pyrrole nitrogens is 1. The van der Waals surface area contributed by atoms with E-state index in [4.69, 9.17) is 0 Å². The molecule has 5 nitrogen and oxygen atoms in total. The van der Waals surface area contributed by atoms with E-state index in [1.54, 1.807) is 0 Å². The molecule has 1 aromatic carbocycles. The van der Waals surface area contributed by atoms with Crippen molar-refractivity contribution in [3.05, 3.63) is 35.5 Å².